The first-order valence-electron chi connectivity index (χ1n) is 6.60. The van der Waals surface area contributed by atoms with Crippen LogP contribution in [0, 0.1) is 0 Å². The van der Waals surface area contributed by atoms with Gasteiger partial charge in [0.2, 0.25) is 0 Å². The zero-order chi connectivity index (χ0) is 14.5. The third kappa shape index (κ3) is 3.60. The number of nitrogens with zero attached hydrogens (tertiary/aromatic N) is 2. The molecule has 0 radical (unpaired) electrons. The maximum Gasteiger partial charge on any atom is 0.319 e. The van der Waals surface area contributed by atoms with Crippen LogP contribution in [0.2, 0.25) is 0 Å². The summed E-state index contributed by atoms with van der Waals surface area (Å²) in [4.78, 5) is 15.6. The minimum atomic E-state index is 0.0977. The quantitative estimate of drug-likeness (QED) is 0.637. The summed E-state index contributed by atoms with van der Waals surface area (Å²) in [7, 11) is 1.82. The van der Waals surface area contributed by atoms with E-state index in [2.05, 4.69) is 0 Å². The summed E-state index contributed by atoms with van der Waals surface area (Å²) in [6.45, 7) is 2.88. The maximum absolute atomic E-state index is 11.7. The van der Waals surface area contributed by atoms with Gasteiger partial charge in [-0.15, -0.1) is 0 Å². The lowest BCUT2D eigenvalue weighted by Crippen LogP contribution is -2.30. The fourth-order valence-electron chi connectivity index (χ4n) is 2.10. The molecule has 0 aromatic heterocycles. The number of thiocarbonyl (C=S) groups is 1. The standard InChI is InChI=1S/C14H19N3O2S/c1-16-7-8-17(14(16)18)6-3-9-19-12-5-2-4-11(10-12)13(15)20/h2,4-5,10H,3,6-9H2,1H3,(H2,15,20). The van der Waals surface area contributed by atoms with Crippen molar-refractivity contribution in [3.63, 3.8) is 0 Å². The zero-order valence-electron chi connectivity index (χ0n) is 11.5. The number of hydrogen-bond donors (Lipinski definition) is 1. The Morgan fingerprint density at radius 2 is 2.25 bits per heavy atom. The third-order valence-corrected chi connectivity index (χ3v) is 3.50. The number of hydrogen-bond acceptors (Lipinski definition) is 3. The lowest BCUT2D eigenvalue weighted by molar-refractivity contribution is 0.194. The number of carbonyl (C=O) groups excluding carboxylic acids is 1. The monoisotopic (exact) mass is 293 g/mol. The molecule has 2 amide bonds. The van der Waals surface area contributed by atoms with Crippen molar-refractivity contribution in [3.8, 4) is 5.75 Å². The smallest absolute Gasteiger partial charge is 0.319 e. The summed E-state index contributed by atoms with van der Waals surface area (Å²) in [5, 5.41) is 0. The van der Waals surface area contributed by atoms with E-state index in [9.17, 15) is 4.79 Å². The molecule has 1 aliphatic rings. The minimum absolute atomic E-state index is 0.0977. The first-order chi connectivity index (χ1) is 9.58. The highest BCUT2D eigenvalue weighted by Gasteiger charge is 2.24. The van der Waals surface area contributed by atoms with Crippen LogP contribution in [-0.2, 0) is 0 Å². The lowest BCUT2D eigenvalue weighted by Gasteiger charge is -2.16. The lowest BCUT2D eigenvalue weighted by atomic mass is 10.2. The summed E-state index contributed by atoms with van der Waals surface area (Å²) in [6.07, 6.45) is 0.802. The van der Waals surface area contributed by atoms with Crippen LogP contribution in [0.5, 0.6) is 5.75 Å². The van der Waals surface area contributed by atoms with Gasteiger partial charge in [0.05, 0.1) is 6.61 Å². The molecule has 20 heavy (non-hydrogen) atoms. The largest absolute Gasteiger partial charge is 0.494 e. The second-order valence-electron chi connectivity index (χ2n) is 4.79. The van der Waals surface area contributed by atoms with Crippen molar-refractivity contribution in [2.75, 3.05) is 33.3 Å². The summed E-state index contributed by atoms with van der Waals surface area (Å²) < 4.78 is 5.65. The molecule has 1 saturated heterocycles. The van der Waals surface area contributed by atoms with Crippen molar-refractivity contribution in [1.82, 2.24) is 9.80 Å². The van der Waals surface area contributed by atoms with Gasteiger partial charge >= 0.3 is 6.03 Å². The van der Waals surface area contributed by atoms with Crippen LogP contribution in [0.4, 0.5) is 4.79 Å². The van der Waals surface area contributed by atoms with Crippen molar-refractivity contribution in [3.05, 3.63) is 29.8 Å². The van der Waals surface area contributed by atoms with Crippen LogP contribution in [0.1, 0.15) is 12.0 Å². The normalized spacial score (nSPS) is 14.8. The Kier molecular flexibility index (Phi) is 4.79. The molecule has 0 bridgehead atoms. The van der Waals surface area contributed by atoms with Crippen molar-refractivity contribution >= 4 is 23.2 Å². The SMILES string of the molecule is CN1CCN(CCCOc2cccc(C(N)=S)c2)C1=O. The van der Waals surface area contributed by atoms with E-state index in [1.807, 2.05) is 36.2 Å². The van der Waals surface area contributed by atoms with Crippen molar-refractivity contribution in [1.29, 1.82) is 0 Å². The van der Waals surface area contributed by atoms with Gasteiger partial charge in [0.1, 0.15) is 10.7 Å². The molecular weight excluding hydrogens is 274 g/mol. The molecule has 6 heteroatoms. The van der Waals surface area contributed by atoms with Crippen molar-refractivity contribution < 1.29 is 9.53 Å². The topological polar surface area (TPSA) is 58.8 Å². The van der Waals surface area contributed by atoms with Crippen LogP contribution in [0.15, 0.2) is 24.3 Å². The minimum Gasteiger partial charge on any atom is -0.494 e. The molecule has 108 valence electrons. The Labute approximate surface area is 124 Å². The summed E-state index contributed by atoms with van der Waals surface area (Å²) >= 11 is 4.93. The van der Waals surface area contributed by atoms with E-state index in [1.54, 1.807) is 4.90 Å². The molecule has 2 rings (SSSR count). The fourth-order valence-corrected chi connectivity index (χ4v) is 2.22. The van der Waals surface area contributed by atoms with E-state index >= 15 is 0 Å². The highest BCUT2D eigenvalue weighted by atomic mass is 32.1. The molecular formula is C14H19N3O2S. The molecule has 1 fully saturated rings. The van der Waals surface area contributed by atoms with Crippen molar-refractivity contribution in [2.24, 2.45) is 5.73 Å². The Balaban J connectivity index is 1.75. The highest BCUT2D eigenvalue weighted by Crippen LogP contribution is 2.14. The Bertz CT molecular complexity index is 507. The van der Waals surface area contributed by atoms with E-state index in [4.69, 9.17) is 22.7 Å². The second kappa shape index (κ2) is 6.56. The number of carbonyl (C=O) groups is 1. The predicted molar refractivity (Wildman–Crippen MR) is 82.0 cm³/mol. The Hall–Kier alpha value is -1.82. The van der Waals surface area contributed by atoms with Crippen LogP contribution in [-0.4, -0.2) is 54.1 Å². The summed E-state index contributed by atoms with van der Waals surface area (Å²) in [5.41, 5.74) is 6.38. The number of nitrogens with two attached hydrogens (primary N) is 1. The van der Waals surface area contributed by atoms with Crippen LogP contribution in [0.25, 0.3) is 0 Å². The third-order valence-electron chi connectivity index (χ3n) is 3.26. The predicted octanol–water partition coefficient (Wildman–Crippen LogP) is 1.46. The highest BCUT2D eigenvalue weighted by molar-refractivity contribution is 7.80. The molecule has 0 unspecified atom stereocenters. The van der Waals surface area contributed by atoms with Gasteiger partial charge in [-0.2, -0.15) is 0 Å². The molecule has 0 spiro atoms. The van der Waals surface area contributed by atoms with Gasteiger partial charge in [-0.05, 0) is 18.6 Å². The fraction of sp³-hybridized carbons (Fsp3) is 0.429. The number of ether oxygens (including phenoxy) is 1. The summed E-state index contributed by atoms with van der Waals surface area (Å²) in [6, 6.07) is 7.52. The zero-order valence-corrected chi connectivity index (χ0v) is 12.4. The van der Waals surface area contributed by atoms with Gasteiger partial charge in [0.25, 0.3) is 0 Å². The first-order valence-corrected chi connectivity index (χ1v) is 7.01. The molecule has 0 aliphatic carbocycles. The average molecular weight is 293 g/mol. The molecule has 5 nitrogen and oxygen atoms in total. The number of urea groups is 1. The van der Waals surface area contributed by atoms with Crippen molar-refractivity contribution in [2.45, 2.75) is 6.42 Å². The Morgan fingerprint density at radius 1 is 1.45 bits per heavy atom. The molecule has 1 aliphatic heterocycles. The number of rotatable bonds is 6. The van der Waals surface area contributed by atoms with E-state index in [1.165, 1.54) is 0 Å². The average Bonchev–Trinajstić information content (AvgIpc) is 2.75. The van der Waals surface area contributed by atoms with Crippen LogP contribution in [0.3, 0.4) is 0 Å². The first kappa shape index (κ1) is 14.6. The molecule has 1 aromatic rings. The van der Waals surface area contributed by atoms with Gasteiger partial charge in [0, 0.05) is 32.2 Å². The van der Waals surface area contributed by atoms with E-state index in [0.29, 0.717) is 11.6 Å². The van der Waals surface area contributed by atoms with Gasteiger partial charge in [-0.1, -0.05) is 24.4 Å². The molecule has 1 heterocycles. The number of benzene rings is 1. The van der Waals surface area contributed by atoms with Gasteiger partial charge in [-0.3, -0.25) is 0 Å². The molecule has 0 atom stereocenters. The van der Waals surface area contributed by atoms with Gasteiger partial charge in [0.15, 0.2) is 0 Å². The molecule has 0 saturated carbocycles. The second-order valence-corrected chi connectivity index (χ2v) is 5.23. The maximum atomic E-state index is 11.7. The van der Waals surface area contributed by atoms with E-state index < -0.39 is 0 Å². The number of likely N-dealkylation sites (N-methyl/N-ethyl adjacent to an activating group) is 1. The van der Waals surface area contributed by atoms with E-state index in [-0.39, 0.29) is 6.03 Å². The van der Waals surface area contributed by atoms with E-state index in [0.717, 1.165) is 37.4 Å². The Morgan fingerprint density at radius 3 is 2.90 bits per heavy atom. The van der Waals surface area contributed by atoms with Gasteiger partial charge < -0.3 is 20.3 Å². The van der Waals surface area contributed by atoms with Crippen LogP contribution >= 0.6 is 12.2 Å². The molecule has 1 aromatic carbocycles. The summed E-state index contributed by atoms with van der Waals surface area (Å²) in [5.74, 6) is 0.750. The van der Waals surface area contributed by atoms with Gasteiger partial charge in [-0.25, -0.2) is 4.79 Å². The molecule has 2 N–H and O–H groups in total. The van der Waals surface area contributed by atoms with Crippen LogP contribution < -0.4 is 10.5 Å². The number of amides is 2.